The predicted molar refractivity (Wildman–Crippen MR) is 56.5 cm³/mol. The molecule has 0 saturated carbocycles. The van der Waals surface area contributed by atoms with E-state index in [4.69, 9.17) is 9.84 Å². The van der Waals surface area contributed by atoms with Crippen molar-refractivity contribution in [1.82, 2.24) is 5.32 Å². The second-order valence-electron chi connectivity index (χ2n) is 3.43. The van der Waals surface area contributed by atoms with Gasteiger partial charge < -0.3 is 15.2 Å². The number of benzene rings is 1. The van der Waals surface area contributed by atoms with E-state index >= 15 is 0 Å². The van der Waals surface area contributed by atoms with E-state index in [9.17, 15) is 13.6 Å². The number of likely N-dealkylation sites (N-methyl/N-ethyl adjacent to an activating group) is 1. The summed E-state index contributed by atoms with van der Waals surface area (Å²) in [6.45, 7) is -0.194. The molecule has 1 unspecified atom stereocenters. The molecule has 2 N–H and O–H groups in total. The summed E-state index contributed by atoms with van der Waals surface area (Å²) in [6.07, 6.45) is 0. The number of carbonyl (C=O) groups is 1. The number of ether oxygens (including phenoxy) is 1. The van der Waals surface area contributed by atoms with Crippen LogP contribution in [-0.4, -0.2) is 30.8 Å². The number of carboxylic acids is 1. The Bertz CT molecular complexity index is 398. The van der Waals surface area contributed by atoms with Gasteiger partial charge in [0, 0.05) is 11.6 Å². The highest BCUT2D eigenvalue weighted by molar-refractivity contribution is 5.73. The number of halogens is 2. The molecule has 0 amide bonds. The lowest BCUT2D eigenvalue weighted by atomic mass is 10.2. The van der Waals surface area contributed by atoms with Gasteiger partial charge in [-0.05, 0) is 13.1 Å². The Morgan fingerprint density at radius 3 is 2.76 bits per heavy atom. The van der Waals surface area contributed by atoms with E-state index in [0.717, 1.165) is 12.1 Å². The summed E-state index contributed by atoms with van der Waals surface area (Å²) in [5.41, 5.74) is 0.187. The Morgan fingerprint density at radius 1 is 1.53 bits per heavy atom. The Hall–Kier alpha value is -1.53. The van der Waals surface area contributed by atoms with E-state index in [1.165, 1.54) is 13.1 Å². The minimum Gasteiger partial charge on any atom is -0.480 e. The zero-order valence-corrected chi connectivity index (χ0v) is 9.24. The van der Waals surface area contributed by atoms with Gasteiger partial charge in [0.25, 0.3) is 0 Å². The molecule has 0 saturated heterocycles. The molecule has 94 valence electrons. The molecule has 0 aliphatic rings. The number of hydrogen-bond donors (Lipinski definition) is 2. The summed E-state index contributed by atoms with van der Waals surface area (Å²) >= 11 is 0. The van der Waals surface area contributed by atoms with Gasteiger partial charge in [0.05, 0.1) is 13.2 Å². The van der Waals surface area contributed by atoms with Gasteiger partial charge in [0.2, 0.25) is 0 Å². The summed E-state index contributed by atoms with van der Waals surface area (Å²) in [7, 11) is 1.49. The fourth-order valence-corrected chi connectivity index (χ4v) is 1.20. The minimum atomic E-state index is -1.05. The van der Waals surface area contributed by atoms with Crippen molar-refractivity contribution in [2.24, 2.45) is 0 Å². The molecule has 0 spiro atoms. The summed E-state index contributed by atoms with van der Waals surface area (Å²) in [4.78, 5) is 10.6. The monoisotopic (exact) mass is 245 g/mol. The van der Waals surface area contributed by atoms with Gasteiger partial charge in [0.1, 0.15) is 17.7 Å². The molecule has 0 aromatic heterocycles. The average Bonchev–Trinajstić information content (AvgIpc) is 2.26. The van der Waals surface area contributed by atoms with Crippen LogP contribution in [-0.2, 0) is 16.1 Å². The molecular formula is C11H13F2NO3. The van der Waals surface area contributed by atoms with Crippen LogP contribution in [0, 0.1) is 11.6 Å². The third kappa shape index (κ3) is 4.08. The summed E-state index contributed by atoms with van der Waals surface area (Å²) < 4.78 is 30.8. The van der Waals surface area contributed by atoms with Crippen molar-refractivity contribution in [1.29, 1.82) is 0 Å². The molecule has 1 rings (SSSR count). The fraction of sp³-hybridized carbons (Fsp3) is 0.364. The lowest BCUT2D eigenvalue weighted by molar-refractivity contribution is -0.141. The molecule has 1 aromatic rings. The fourth-order valence-electron chi connectivity index (χ4n) is 1.20. The van der Waals surface area contributed by atoms with E-state index in [1.54, 1.807) is 0 Å². The zero-order chi connectivity index (χ0) is 12.8. The minimum absolute atomic E-state index is 0.0946. The van der Waals surface area contributed by atoms with Gasteiger partial charge >= 0.3 is 5.97 Å². The van der Waals surface area contributed by atoms with Crippen molar-refractivity contribution in [2.45, 2.75) is 12.6 Å². The number of carboxylic acid groups (broad SMARTS) is 1. The van der Waals surface area contributed by atoms with E-state index in [1.807, 2.05) is 0 Å². The molecule has 1 aromatic carbocycles. The highest BCUT2D eigenvalue weighted by Gasteiger charge is 2.15. The number of rotatable bonds is 6. The molecular weight excluding hydrogens is 232 g/mol. The van der Waals surface area contributed by atoms with Gasteiger partial charge in [-0.25, -0.2) is 8.78 Å². The maximum Gasteiger partial charge on any atom is 0.323 e. The maximum absolute atomic E-state index is 13.2. The first-order valence-corrected chi connectivity index (χ1v) is 4.96. The normalized spacial score (nSPS) is 12.4. The second-order valence-corrected chi connectivity index (χ2v) is 3.43. The van der Waals surface area contributed by atoms with Crippen molar-refractivity contribution >= 4 is 5.97 Å². The highest BCUT2D eigenvalue weighted by Crippen LogP contribution is 2.10. The van der Waals surface area contributed by atoms with Crippen LogP contribution in [0.2, 0.25) is 0 Å². The van der Waals surface area contributed by atoms with Gasteiger partial charge in [-0.2, -0.15) is 0 Å². The number of nitrogens with one attached hydrogen (secondary N) is 1. The number of hydrogen-bond acceptors (Lipinski definition) is 3. The highest BCUT2D eigenvalue weighted by atomic mass is 19.1. The van der Waals surface area contributed by atoms with Crippen LogP contribution in [0.1, 0.15) is 5.56 Å². The molecule has 1 atom stereocenters. The Kier molecular flexibility index (Phi) is 4.99. The summed E-state index contributed by atoms with van der Waals surface area (Å²) in [6, 6.07) is 2.29. The first kappa shape index (κ1) is 13.5. The lowest BCUT2D eigenvalue weighted by Crippen LogP contribution is -2.38. The molecule has 17 heavy (non-hydrogen) atoms. The summed E-state index contributed by atoms with van der Waals surface area (Å²) in [5, 5.41) is 11.2. The van der Waals surface area contributed by atoms with Crippen LogP contribution in [0.3, 0.4) is 0 Å². The maximum atomic E-state index is 13.2. The van der Waals surface area contributed by atoms with E-state index < -0.39 is 23.6 Å². The van der Waals surface area contributed by atoms with Gasteiger partial charge in [-0.1, -0.05) is 6.07 Å². The molecule has 4 nitrogen and oxygen atoms in total. The van der Waals surface area contributed by atoms with Crippen molar-refractivity contribution in [3.05, 3.63) is 35.4 Å². The molecule has 0 radical (unpaired) electrons. The molecule has 0 aliphatic carbocycles. The van der Waals surface area contributed by atoms with E-state index in [2.05, 4.69) is 5.32 Å². The van der Waals surface area contributed by atoms with Crippen molar-refractivity contribution < 1.29 is 23.4 Å². The molecule has 6 heteroatoms. The zero-order valence-electron chi connectivity index (χ0n) is 9.24. The lowest BCUT2D eigenvalue weighted by Gasteiger charge is -2.11. The first-order valence-electron chi connectivity index (χ1n) is 4.96. The number of aliphatic carboxylic acids is 1. The third-order valence-corrected chi connectivity index (χ3v) is 2.20. The van der Waals surface area contributed by atoms with Crippen molar-refractivity contribution in [3.63, 3.8) is 0 Å². The van der Waals surface area contributed by atoms with Crippen LogP contribution >= 0.6 is 0 Å². The Morgan fingerprint density at radius 2 is 2.24 bits per heavy atom. The van der Waals surface area contributed by atoms with Crippen molar-refractivity contribution in [3.8, 4) is 0 Å². The van der Waals surface area contributed by atoms with Gasteiger partial charge in [-0.15, -0.1) is 0 Å². The SMILES string of the molecule is CNC(COCc1ccc(F)cc1F)C(=O)O. The predicted octanol–water partition coefficient (Wildman–Crippen LogP) is 1.15. The van der Waals surface area contributed by atoms with Crippen LogP contribution in [0.15, 0.2) is 18.2 Å². The van der Waals surface area contributed by atoms with Gasteiger partial charge in [0.15, 0.2) is 0 Å². The standard InChI is InChI=1S/C11H13F2NO3/c1-14-10(11(15)16)6-17-5-7-2-3-8(12)4-9(7)13/h2-4,10,14H,5-6H2,1H3,(H,15,16). The third-order valence-electron chi connectivity index (χ3n) is 2.20. The largest absolute Gasteiger partial charge is 0.480 e. The van der Waals surface area contributed by atoms with Crippen molar-refractivity contribution in [2.75, 3.05) is 13.7 Å². The molecule has 0 bridgehead atoms. The summed E-state index contributed by atoms with van der Waals surface area (Å²) in [5.74, 6) is -2.42. The van der Waals surface area contributed by atoms with E-state index in [-0.39, 0.29) is 18.8 Å². The Balaban J connectivity index is 2.48. The van der Waals surface area contributed by atoms with Crippen LogP contribution in [0.4, 0.5) is 8.78 Å². The quantitative estimate of drug-likeness (QED) is 0.789. The van der Waals surface area contributed by atoms with E-state index in [0.29, 0.717) is 0 Å². The van der Waals surface area contributed by atoms with Crippen LogP contribution in [0.25, 0.3) is 0 Å². The molecule has 0 aliphatic heterocycles. The molecule has 0 fully saturated rings. The smallest absolute Gasteiger partial charge is 0.323 e. The topological polar surface area (TPSA) is 58.6 Å². The first-order chi connectivity index (χ1) is 8.04. The second kappa shape index (κ2) is 6.27. The van der Waals surface area contributed by atoms with Crippen LogP contribution in [0.5, 0.6) is 0 Å². The van der Waals surface area contributed by atoms with Gasteiger partial charge in [-0.3, -0.25) is 4.79 Å². The average molecular weight is 245 g/mol. The molecule has 0 heterocycles. The Labute approximate surface area is 97.2 Å². The van der Waals surface area contributed by atoms with Crippen LogP contribution < -0.4 is 5.32 Å².